The molecule has 1 atom stereocenters. The van der Waals surface area contributed by atoms with E-state index in [0.29, 0.717) is 5.02 Å². The van der Waals surface area contributed by atoms with Crippen molar-refractivity contribution in [2.24, 2.45) is 0 Å². The van der Waals surface area contributed by atoms with Gasteiger partial charge in [0.05, 0.1) is 10.4 Å². The first-order chi connectivity index (χ1) is 8.16. The van der Waals surface area contributed by atoms with Gasteiger partial charge in [0.1, 0.15) is 0 Å². The molecule has 1 unspecified atom stereocenters. The lowest BCUT2D eigenvalue weighted by Gasteiger charge is -2.11. The zero-order chi connectivity index (χ0) is 12.3. The average Bonchev–Trinajstić information content (AvgIpc) is 2.34. The predicted octanol–water partition coefficient (Wildman–Crippen LogP) is 5.63. The second-order valence-electron chi connectivity index (χ2n) is 3.83. The number of hydrogen-bond acceptors (Lipinski definition) is 0. The van der Waals surface area contributed by atoms with Crippen molar-refractivity contribution in [3.05, 3.63) is 69.2 Å². The molecule has 2 rings (SSSR count). The first kappa shape index (κ1) is 12.9. The molecule has 0 radical (unpaired) electrons. The minimum Gasteiger partial charge on any atom is -0.117 e. The van der Waals surface area contributed by atoms with Gasteiger partial charge in [-0.1, -0.05) is 48.0 Å². The van der Waals surface area contributed by atoms with Gasteiger partial charge >= 0.3 is 0 Å². The van der Waals surface area contributed by atoms with Crippen molar-refractivity contribution in [1.82, 2.24) is 0 Å². The average molecular weight is 330 g/mol. The Labute approximate surface area is 120 Å². The summed E-state index contributed by atoms with van der Waals surface area (Å²) >= 11 is 15.8. The lowest BCUT2D eigenvalue weighted by Crippen LogP contribution is -1.95. The minimum absolute atomic E-state index is 0.0361. The van der Waals surface area contributed by atoms with Crippen LogP contribution in [-0.4, -0.2) is 0 Å². The van der Waals surface area contributed by atoms with Crippen LogP contribution in [0, 0.1) is 0 Å². The molecule has 2 aromatic carbocycles. The molecule has 17 heavy (non-hydrogen) atoms. The Morgan fingerprint density at radius 2 is 1.76 bits per heavy atom. The summed E-state index contributed by atoms with van der Waals surface area (Å²) in [6.07, 6.45) is 0.816. The van der Waals surface area contributed by atoms with Crippen LogP contribution in [0.1, 0.15) is 16.5 Å². The highest BCUT2D eigenvalue weighted by Crippen LogP contribution is 2.30. The van der Waals surface area contributed by atoms with Gasteiger partial charge in [-0.05, 0) is 45.6 Å². The van der Waals surface area contributed by atoms with Crippen molar-refractivity contribution in [1.29, 1.82) is 0 Å². The number of hydrogen-bond donors (Lipinski definition) is 0. The van der Waals surface area contributed by atoms with Crippen molar-refractivity contribution in [2.75, 3.05) is 0 Å². The SMILES string of the molecule is Clc1ccc(C(Cl)Cc2ccccc2)cc1Br. The number of rotatable bonds is 3. The van der Waals surface area contributed by atoms with Gasteiger partial charge in [0.15, 0.2) is 0 Å². The van der Waals surface area contributed by atoms with E-state index in [1.165, 1.54) is 5.56 Å². The second-order valence-corrected chi connectivity index (χ2v) is 5.62. The highest BCUT2D eigenvalue weighted by atomic mass is 79.9. The second kappa shape index (κ2) is 5.90. The third-order valence-electron chi connectivity index (χ3n) is 2.56. The molecule has 0 saturated carbocycles. The van der Waals surface area contributed by atoms with Crippen LogP contribution in [0.2, 0.25) is 5.02 Å². The lowest BCUT2D eigenvalue weighted by molar-refractivity contribution is 0.919. The predicted molar refractivity (Wildman–Crippen MR) is 77.9 cm³/mol. The zero-order valence-electron chi connectivity index (χ0n) is 9.04. The van der Waals surface area contributed by atoms with Crippen LogP contribution in [0.25, 0.3) is 0 Å². The molecule has 0 aliphatic carbocycles. The fourth-order valence-corrected chi connectivity index (χ4v) is 2.47. The number of alkyl halides is 1. The van der Waals surface area contributed by atoms with Crippen molar-refractivity contribution in [3.63, 3.8) is 0 Å². The van der Waals surface area contributed by atoms with Gasteiger partial charge in [-0.25, -0.2) is 0 Å². The third-order valence-corrected chi connectivity index (χ3v) is 4.18. The molecule has 3 heteroatoms. The molecule has 0 aliphatic heterocycles. The largest absolute Gasteiger partial charge is 0.117 e. The first-order valence-corrected chi connectivity index (χ1v) is 6.90. The Hall–Kier alpha value is -0.500. The molecule has 0 bridgehead atoms. The highest BCUT2D eigenvalue weighted by molar-refractivity contribution is 9.10. The van der Waals surface area contributed by atoms with Gasteiger partial charge in [-0.15, -0.1) is 11.6 Å². The van der Waals surface area contributed by atoms with Gasteiger partial charge < -0.3 is 0 Å². The standard InChI is InChI=1S/C14H11BrCl2/c15-12-9-11(6-7-13(12)16)14(17)8-10-4-2-1-3-5-10/h1-7,9,14H,8H2. The van der Waals surface area contributed by atoms with E-state index in [0.717, 1.165) is 16.5 Å². The summed E-state index contributed by atoms with van der Waals surface area (Å²) in [7, 11) is 0. The maximum absolute atomic E-state index is 6.40. The molecule has 0 aromatic heterocycles. The molecular formula is C14H11BrCl2. The molecule has 0 N–H and O–H groups in total. The van der Waals surface area contributed by atoms with E-state index in [2.05, 4.69) is 28.1 Å². The van der Waals surface area contributed by atoms with E-state index in [1.54, 1.807) is 0 Å². The fourth-order valence-electron chi connectivity index (χ4n) is 1.65. The van der Waals surface area contributed by atoms with Crippen LogP contribution < -0.4 is 0 Å². The van der Waals surface area contributed by atoms with E-state index in [-0.39, 0.29) is 5.38 Å². The van der Waals surface area contributed by atoms with Crippen LogP contribution >= 0.6 is 39.1 Å². The summed E-state index contributed by atoms with van der Waals surface area (Å²) in [5, 5.41) is 0.670. The molecular weight excluding hydrogens is 319 g/mol. The molecule has 0 spiro atoms. The molecule has 0 nitrogen and oxygen atoms in total. The summed E-state index contributed by atoms with van der Waals surface area (Å²) < 4.78 is 0.885. The van der Waals surface area contributed by atoms with Crippen LogP contribution in [0.4, 0.5) is 0 Å². The van der Waals surface area contributed by atoms with E-state index >= 15 is 0 Å². The quantitative estimate of drug-likeness (QED) is 0.640. The van der Waals surface area contributed by atoms with Crippen molar-refractivity contribution >= 4 is 39.1 Å². The smallest absolute Gasteiger partial charge is 0.0625 e. The molecule has 0 amide bonds. The minimum atomic E-state index is -0.0361. The molecule has 0 saturated heterocycles. The topological polar surface area (TPSA) is 0 Å². The lowest BCUT2D eigenvalue weighted by atomic mass is 10.0. The molecule has 0 aliphatic rings. The highest BCUT2D eigenvalue weighted by Gasteiger charge is 2.10. The van der Waals surface area contributed by atoms with Gasteiger partial charge in [0.25, 0.3) is 0 Å². The summed E-state index contributed by atoms with van der Waals surface area (Å²) in [6, 6.07) is 16.0. The maximum Gasteiger partial charge on any atom is 0.0625 e. The first-order valence-electron chi connectivity index (χ1n) is 5.30. The van der Waals surface area contributed by atoms with Crippen molar-refractivity contribution in [3.8, 4) is 0 Å². The Bertz CT molecular complexity index is 497. The van der Waals surface area contributed by atoms with Crippen molar-refractivity contribution < 1.29 is 0 Å². The van der Waals surface area contributed by atoms with E-state index in [1.807, 2.05) is 36.4 Å². The summed E-state index contributed by atoms with van der Waals surface area (Å²) in [4.78, 5) is 0. The number of benzene rings is 2. The van der Waals surface area contributed by atoms with Crippen molar-refractivity contribution in [2.45, 2.75) is 11.8 Å². The van der Waals surface area contributed by atoms with Gasteiger partial charge in [-0.3, -0.25) is 0 Å². The maximum atomic E-state index is 6.40. The van der Waals surface area contributed by atoms with Crippen LogP contribution in [-0.2, 0) is 6.42 Å². The molecule has 0 heterocycles. The zero-order valence-corrected chi connectivity index (χ0v) is 12.1. The molecule has 88 valence electrons. The third kappa shape index (κ3) is 3.48. The fraction of sp³-hybridized carbons (Fsp3) is 0.143. The Balaban J connectivity index is 2.14. The van der Waals surface area contributed by atoms with Gasteiger partial charge in [0, 0.05) is 4.47 Å². The Morgan fingerprint density at radius 1 is 1.06 bits per heavy atom. The summed E-state index contributed by atoms with van der Waals surface area (Å²) in [5.74, 6) is 0. The molecule has 2 aromatic rings. The Kier molecular flexibility index (Phi) is 4.49. The van der Waals surface area contributed by atoms with Crippen LogP contribution in [0.3, 0.4) is 0 Å². The summed E-state index contributed by atoms with van der Waals surface area (Å²) in [5.41, 5.74) is 2.31. The van der Waals surface area contributed by atoms with Crippen LogP contribution in [0.5, 0.6) is 0 Å². The monoisotopic (exact) mass is 328 g/mol. The normalized spacial score (nSPS) is 12.4. The van der Waals surface area contributed by atoms with Gasteiger partial charge in [0.2, 0.25) is 0 Å². The Morgan fingerprint density at radius 3 is 2.41 bits per heavy atom. The van der Waals surface area contributed by atoms with Crippen LogP contribution in [0.15, 0.2) is 53.0 Å². The van der Waals surface area contributed by atoms with Gasteiger partial charge in [-0.2, -0.15) is 0 Å². The molecule has 0 fully saturated rings. The van der Waals surface area contributed by atoms with E-state index in [4.69, 9.17) is 23.2 Å². The van der Waals surface area contributed by atoms with E-state index in [9.17, 15) is 0 Å². The van der Waals surface area contributed by atoms with E-state index < -0.39 is 0 Å². The number of halogens is 3. The summed E-state index contributed by atoms with van der Waals surface area (Å²) in [6.45, 7) is 0.